The zero-order chi connectivity index (χ0) is 10.8. The molecule has 0 fully saturated rings. The fraction of sp³-hybridized carbons (Fsp3) is 0.364. The Morgan fingerprint density at radius 1 is 1.47 bits per heavy atom. The molecular weight excluding hydrogens is 194 g/mol. The largest absolute Gasteiger partial charge is 0.485 e. The Morgan fingerprint density at radius 3 is 2.93 bits per heavy atom. The minimum Gasteiger partial charge on any atom is -0.485 e. The van der Waals surface area contributed by atoms with Crippen LogP contribution in [-0.4, -0.2) is 23.3 Å². The number of hydrogen-bond acceptors (Lipinski definition) is 3. The highest BCUT2D eigenvalue weighted by Gasteiger charge is 2.27. The number of benzene rings is 1. The molecule has 1 aromatic carbocycles. The molecule has 2 N–H and O–H groups in total. The lowest BCUT2D eigenvalue weighted by atomic mass is 10.2. The first-order valence-electron chi connectivity index (χ1n) is 4.97. The Kier molecular flexibility index (Phi) is 2.60. The summed E-state index contributed by atoms with van der Waals surface area (Å²) in [5.41, 5.74) is 0.465. The number of carbonyl (C=O) groups excluding carboxylic acids is 1. The SMILES string of the molecule is CCC1Oc2ccccc2C(=O)NC1O. The van der Waals surface area contributed by atoms with Crippen LogP contribution in [0.5, 0.6) is 5.75 Å². The monoisotopic (exact) mass is 207 g/mol. The van der Waals surface area contributed by atoms with Gasteiger partial charge in [-0.3, -0.25) is 4.79 Å². The van der Waals surface area contributed by atoms with Crippen LogP contribution in [0, 0.1) is 0 Å². The van der Waals surface area contributed by atoms with Crippen molar-refractivity contribution in [2.75, 3.05) is 0 Å². The molecule has 4 nitrogen and oxygen atoms in total. The van der Waals surface area contributed by atoms with Gasteiger partial charge >= 0.3 is 0 Å². The zero-order valence-corrected chi connectivity index (χ0v) is 8.43. The van der Waals surface area contributed by atoms with E-state index in [1.54, 1.807) is 24.3 Å². The lowest BCUT2D eigenvalue weighted by molar-refractivity contribution is 0.0189. The topological polar surface area (TPSA) is 58.6 Å². The van der Waals surface area contributed by atoms with Gasteiger partial charge in [0, 0.05) is 0 Å². The number of aliphatic hydroxyl groups excluding tert-OH is 1. The molecule has 80 valence electrons. The minimum atomic E-state index is -0.949. The smallest absolute Gasteiger partial charge is 0.257 e. The number of fused-ring (bicyclic) bond motifs is 1. The molecule has 1 amide bonds. The molecule has 15 heavy (non-hydrogen) atoms. The van der Waals surface area contributed by atoms with Crippen LogP contribution in [0.1, 0.15) is 23.7 Å². The molecule has 1 heterocycles. The summed E-state index contributed by atoms with van der Waals surface area (Å²) < 4.78 is 5.56. The number of ether oxygens (including phenoxy) is 1. The van der Waals surface area contributed by atoms with Crippen LogP contribution in [0.25, 0.3) is 0 Å². The first kappa shape index (κ1) is 9.98. The zero-order valence-electron chi connectivity index (χ0n) is 8.43. The predicted molar refractivity (Wildman–Crippen MR) is 54.6 cm³/mol. The van der Waals surface area contributed by atoms with Gasteiger partial charge in [-0.05, 0) is 18.6 Å². The number of para-hydroxylation sites is 1. The third-order valence-corrected chi connectivity index (χ3v) is 2.44. The number of carbonyl (C=O) groups is 1. The van der Waals surface area contributed by atoms with Crippen LogP contribution in [0.4, 0.5) is 0 Å². The molecule has 0 saturated heterocycles. The first-order valence-corrected chi connectivity index (χ1v) is 4.97. The van der Waals surface area contributed by atoms with Crippen molar-refractivity contribution in [2.45, 2.75) is 25.7 Å². The van der Waals surface area contributed by atoms with Gasteiger partial charge in [0.2, 0.25) is 0 Å². The van der Waals surface area contributed by atoms with Gasteiger partial charge < -0.3 is 15.2 Å². The fourth-order valence-corrected chi connectivity index (χ4v) is 1.60. The Balaban J connectivity index is 2.39. The second-order valence-electron chi connectivity index (χ2n) is 3.48. The summed E-state index contributed by atoms with van der Waals surface area (Å²) >= 11 is 0. The number of amides is 1. The average Bonchev–Trinajstić information content (AvgIpc) is 2.36. The van der Waals surface area contributed by atoms with E-state index in [-0.39, 0.29) is 5.91 Å². The predicted octanol–water partition coefficient (Wildman–Crippen LogP) is 0.906. The second kappa shape index (κ2) is 3.90. The molecule has 0 radical (unpaired) electrons. The van der Waals surface area contributed by atoms with Crippen LogP contribution in [0.3, 0.4) is 0 Å². The third kappa shape index (κ3) is 1.80. The number of rotatable bonds is 1. The van der Waals surface area contributed by atoms with Gasteiger partial charge in [-0.1, -0.05) is 19.1 Å². The molecule has 2 unspecified atom stereocenters. The summed E-state index contributed by atoms with van der Waals surface area (Å²) in [5, 5.41) is 12.1. The van der Waals surface area contributed by atoms with E-state index in [2.05, 4.69) is 5.32 Å². The van der Waals surface area contributed by atoms with Crippen molar-refractivity contribution in [2.24, 2.45) is 0 Å². The van der Waals surface area contributed by atoms with Gasteiger partial charge in [0.05, 0.1) is 5.56 Å². The van der Waals surface area contributed by atoms with Gasteiger partial charge in [-0.25, -0.2) is 0 Å². The molecule has 1 aliphatic heterocycles. The summed E-state index contributed by atoms with van der Waals surface area (Å²) in [6.07, 6.45) is -0.706. The van der Waals surface area contributed by atoms with E-state index in [1.807, 2.05) is 6.92 Å². The Hall–Kier alpha value is -1.55. The van der Waals surface area contributed by atoms with Crippen molar-refractivity contribution in [3.8, 4) is 5.75 Å². The maximum Gasteiger partial charge on any atom is 0.257 e. The summed E-state index contributed by atoms with van der Waals surface area (Å²) in [5.74, 6) is 0.229. The van der Waals surface area contributed by atoms with Gasteiger partial charge in [-0.15, -0.1) is 0 Å². The first-order chi connectivity index (χ1) is 7.22. The lowest BCUT2D eigenvalue weighted by Gasteiger charge is -2.19. The highest BCUT2D eigenvalue weighted by Crippen LogP contribution is 2.23. The van der Waals surface area contributed by atoms with Crippen LogP contribution in [-0.2, 0) is 0 Å². The molecule has 1 aliphatic rings. The highest BCUT2D eigenvalue weighted by molar-refractivity contribution is 5.97. The average molecular weight is 207 g/mol. The summed E-state index contributed by atoms with van der Waals surface area (Å²) in [6, 6.07) is 6.97. The summed E-state index contributed by atoms with van der Waals surface area (Å²) in [6.45, 7) is 1.90. The molecule has 0 bridgehead atoms. The number of nitrogens with one attached hydrogen (secondary N) is 1. The molecule has 2 atom stereocenters. The molecule has 0 aromatic heterocycles. The molecule has 4 heteroatoms. The quantitative estimate of drug-likeness (QED) is 0.719. The normalized spacial score (nSPS) is 24.8. The van der Waals surface area contributed by atoms with Crippen LogP contribution in [0.15, 0.2) is 24.3 Å². The van der Waals surface area contributed by atoms with Crippen molar-refractivity contribution in [1.82, 2.24) is 5.32 Å². The second-order valence-corrected chi connectivity index (χ2v) is 3.48. The number of hydrogen-bond donors (Lipinski definition) is 2. The van der Waals surface area contributed by atoms with Crippen LogP contribution >= 0.6 is 0 Å². The van der Waals surface area contributed by atoms with Crippen LogP contribution in [0.2, 0.25) is 0 Å². The molecular formula is C11H13NO3. The van der Waals surface area contributed by atoms with Gasteiger partial charge in [0.1, 0.15) is 11.9 Å². The van der Waals surface area contributed by atoms with E-state index in [0.717, 1.165) is 0 Å². The van der Waals surface area contributed by atoms with E-state index < -0.39 is 12.3 Å². The van der Waals surface area contributed by atoms with Crippen molar-refractivity contribution in [3.63, 3.8) is 0 Å². The van der Waals surface area contributed by atoms with E-state index in [0.29, 0.717) is 17.7 Å². The van der Waals surface area contributed by atoms with Crippen molar-refractivity contribution in [3.05, 3.63) is 29.8 Å². The highest BCUT2D eigenvalue weighted by atomic mass is 16.5. The molecule has 0 saturated carbocycles. The van der Waals surface area contributed by atoms with E-state index in [4.69, 9.17) is 4.74 Å². The molecule has 0 aliphatic carbocycles. The maximum absolute atomic E-state index is 11.6. The van der Waals surface area contributed by atoms with E-state index in [9.17, 15) is 9.90 Å². The third-order valence-electron chi connectivity index (χ3n) is 2.44. The van der Waals surface area contributed by atoms with E-state index >= 15 is 0 Å². The Labute approximate surface area is 87.9 Å². The summed E-state index contributed by atoms with van der Waals surface area (Å²) in [7, 11) is 0. The Bertz CT molecular complexity index is 378. The van der Waals surface area contributed by atoms with Gasteiger partial charge in [0.25, 0.3) is 5.91 Å². The maximum atomic E-state index is 11.6. The number of aliphatic hydroxyl groups is 1. The van der Waals surface area contributed by atoms with Gasteiger partial charge in [0.15, 0.2) is 6.23 Å². The van der Waals surface area contributed by atoms with Crippen molar-refractivity contribution < 1.29 is 14.6 Å². The minimum absolute atomic E-state index is 0.297. The van der Waals surface area contributed by atoms with Crippen molar-refractivity contribution in [1.29, 1.82) is 0 Å². The fourth-order valence-electron chi connectivity index (χ4n) is 1.60. The van der Waals surface area contributed by atoms with E-state index in [1.165, 1.54) is 0 Å². The lowest BCUT2D eigenvalue weighted by Crippen LogP contribution is -2.43. The molecule has 2 rings (SSSR count). The van der Waals surface area contributed by atoms with Crippen molar-refractivity contribution >= 4 is 5.91 Å². The summed E-state index contributed by atoms with van der Waals surface area (Å²) in [4.78, 5) is 11.6. The standard InChI is InChI=1S/C11H13NO3/c1-2-8-11(14)12-10(13)7-5-3-4-6-9(7)15-8/h3-6,8,11,14H,2H2,1H3,(H,12,13). The molecule has 1 aromatic rings. The van der Waals surface area contributed by atoms with Crippen LogP contribution < -0.4 is 10.1 Å². The molecule has 0 spiro atoms. The van der Waals surface area contributed by atoms with Gasteiger partial charge in [-0.2, -0.15) is 0 Å². The Morgan fingerprint density at radius 2 is 2.20 bits per heavy atom.